The van der Waals surface area contributed by atoms with Crippen molar-refractivity contribution < 1.29 is 14.6 Å². The molecule has 0 amide bonds. The summed E-state index contributed by atoms with van der Waals surface area (Å²) in [6.45, 7) is 6.02. The maximum absolute atomic E-state index is 11.6. The van der Waals surface area contributed by atoms with Crippen LogP contribution in [0, 0.1) is 0 Å². The lowest BCUT2D eigenvalue weighted by atomic mass is 9.96. The molecule has 0 saturated carbocycles. The van der Waals surface area contributed by atoms with Crippen molar-refractivity contribution in [3.63, 3.8) is 0 Å². The third kappa shape index (κ3) is 3.78. The average Bonchev–Trinajstić information content (AvgIpc) is 2.52. The van der Waals surface area contributed by atoms with Gasteiger partial charge < -0.3 is 20.1 Å². The molecule has 1 aromatic carbocycles. The van der Waals surface area contributed by atoms with Crippen molar-refractivity contribution in [2.24, 2.45) is 0 Å². The first-order valence-corrected chi connectivity index (χ1v) is 7.73. The van der Waals surface area contributed by atoms with E-state index in [1.807, 2.05) is 13.8 Å². The maximum Gasteiger partial charge on any atom is 0.308 e. The number of hydrogen-bond donors (Lipinski definition) is 3. The molecule has 0 spiro atoms. The van der Waals surface area contributed by atoms with Gasteiger partial charge in [-0.1, -0.05) is 19.9 Å². The molecule has 1 heterocycles. The predicted octanol–water partition coefficient (Wildman–Crippen LogP) is 1.87. The summed E-state index contributed by atoms with van der Waals surface area (Å²) in [5.74, 6) is -0.193. The van der Waals surface area contributed by atoms with Gasteiger partial charge in [0.25, 0.3) is 0 Å². The standard InChI is InChI=1S/C17H22N2O4/c1-4-13(18-5-2)17(22)12-6-8-14(23-10(3)20)16-11(12)7-9-15(21)19-16/h6-9,13,17-18,22H,4-5H2,1-3H3,(H,19,21). The van der Waals surface area contributed by atoms with E-state index >= 15 is 0 Å². The highest BCUT2D eigenvalue weighted by Crippen LogP contribution is 2.31. The molecule has 1 aromatic heterocycles. The molecule has 2 aromatic rings. The first-order valence-electron chi connectivity index (χ1n) is 7.73. The summed E-state index contributed by atoms with van der Waals surface area (Å²) in [6, 6.07) is 6.25. The Morgan fingerprint density at radius 2 is 2.04 bits per heavy atom. The number of likely N-dealkylation sites (N-methyl/N-ethyl adjacent to an activating group) is 1. The van der Waals surface area contributed by atoms with E-state index in [9.17, 15) is 14.7 Å². The molecule has 0 aliphatic carbocycles. The second kappa shape index (κ2) is 7.39. The van der Waals surface area contributed by atoms with Gasteiger partial charge >= 0.3 is 5.97 Å². The highest BCUT2D eigenvalue weighted by Gasteiger charge is 2.22. The SMILES string of the molecule is CCNC(CC)C(O)c1ccc(OC(C)=O)c2[nH]c(=O)ccc12. The van der Waals surface area contributed by atoms with Crippen LogP contribution in [0.15, 0.2) is 29.1 Å². The van der Waals surface area contributed by atoms with Gasteiger partial charge in [-0.3, -0.25) is 9.59 Å². The number of fused-ring (bicyclic) bond motifs is 1. The molecule has 0 bridgehead atoms. The Morgan fingerprint density at radius 3 is 2.65 bits per heavy atom. The first-order chi connectivity index (χ1) is 11.0. The molecule has 0 fully saturated rings. The zero-order valence-electron chi connectivity index (χ0n) is 13.6. The van der Waals surface area contributed by atoms with Crippen LogP contribution in [-0.2, 0) is 4.79 Å². The fourth-order valence-electron chi connectivity index (χ4n) is 2.70. The monoisotopic (exact) mass is 318 g/mol. The summed E-state index contributed by atoms with van der Waals surface area (Å²) < 4.78 is 5.15. The van der Waals surface area contributed by atoms with Crippen LogP contribution < -0.4 is 15.6 Å². The molecule has 6 heteroatoms. The van der Waals surface area contributed by atoms with Gasteiger partial charge in [-0.15, -0.1) is 0 Å². The van der Waals surface area contributed by atoms with E-state index in [1.165, 1.54) is 13.0 Å². The number of hydrogen-bond acceptors (Lipinski definition) is 5. The van der Waals surface area contributed by atoms with Crippen molar-refractivity contribution in [3.05, 3.63) is 40.2 Å². The minimum atomic E-state index is -0.736. The Morgan fingerprint density at radius 1 is 1.30 bits per heavy atom. The fraction of sp³-hybridized carbons (Fsp3) is 0.412. The lowest BCUT2D eigenvalue weighted by Gasteiger charge is -2.24. The lowest BCUT2D eigenvalue weighted by Crippen LogP contribution is -2.34. The number of H-pyrrole nitrogens is 1. The van der Waals surface area contributed by atoms with Crippen LogP contribution in [0.1, 0.15) is 38.9 Å². The summed E-state index contributed by atoms with van der Waals surface area (Å²) >= 11 is 0. The van der Waals surface area contributed by atoms with Gasteiger partial charge in [-0.25, -0.2) is 0 Å². The molecule has 3 N–H and O–H groups in total. The highest BCUT2D eigenvalue weighted by atomic mass is 16.5. The number of aliphatic hydroxyl groups excluding tert-OH is 1. The third-order valence-electron chi connectivity index (χ3n) is 3.75. The molecule has 23 heavy (non-hydrogen) atoms. The topological polar surface area (TPSA) is 91.4 Å². The molecule has 2 unspecified atom stereocenters. The number of esters is 1. The number of nitrogens with one attached hydrogen (secondary N) is 2. The zero-order valence-corrected chi connectivity index (χ0v) is 13.6. The summed E-state index contributed by atoms with van der Waals surface area (Å²) in [7, 11) is 0. The van der Waals surface area contributed by atoms with Gasteiger partial charge in [0.05, 0.1) is 11.6 Å². The van der Waals surface area contributed by atoms with Crippen molar-refractivity contribution in [2.45, 2.75) is 39.3 Å². The highest BCUT2D eigenvalue weighted by molar-refractivity contribution is 5.89. The second-order valence-electron chi connectivity index (χ2n) is 5.38. The molecule has 124 valence electrons. The first kappa shape index (κ1) is 17.2. The number of carbonyl (C=O) groups excluding carboxylic acids is 1. The third-order valence-corrected chi connectivity index (χ3v) is 3.75. The summed E-state index contributed by atoms with van der Waals surface area (Å²) in [6.07, 6.45) is 0.0191. The lowest BCUT2D eigenvalue weighted by molar-refractivity contribution is -0.131. The van der Waals surface area contributed by atoms with Gasteiger partial charge in [0.1, 0.15) is 0 Å². The molecular weight excluding hydrogens is 296 g/mol. The number of benzene rings is 1. The van der Waals surface area contributed by atoms with Crippen molar-refractivity contribution >= 4 is 16.9 Å². The summed E-state index contributed by atoms with van der Waals surface area (Å²) in [4.78, 5) is 25.5. The van der Waals surface area contributed by atoms with Gasteiger partial charge in [0.2, 0.25) is 5.56 Å². The van der Waals surface area contributed by atoms with Crippen LogP contribution >= 0.6 is 0 Å². The Labute approximate surface area is 134 Å². The number of aromatic amines is 1. The number of rotatable bonds is 6. The molecular formula is C17H22N2O4. The van der Waals surface area contributed by atoms with E-state index in [4.69, 9.17) is 4.74 Å². The van der Waals surface area contributed by atoms with Crippen LogP contribution in [0.4, 0.5) is 0 Å². The van der Waals surface area contributed by atoms with Crippen molar-refractivity contribution in [3.8, 4) is 5.75 Å². The van der Waals surface area contributed by atoms with Gasteiger partial charge in [-0.05, 0) is 30.7 Å². The normalized spacial score (nSPS) is 13.7. The summed E-state index contributed by atoms with van der Waals surface area (Å²) in [5.41, 5.74) is 0.798. The van der Waals surface area contributed by atoms with Crippen LogP contribution in [-0.4, -0.2) is 28.6 Å². The average molecular weight is 318 g/mol. The van der Waals surface area contributed by atoms with Gasteiger partial charge in [0.15, 0.2) is 5.75 Å². The molecule has 0 radical (unpaired) electrons. The van der Waals surface area contributed by atoms with E-state index in [1.54, 1.807) is 18.2 Å². The van der Waals surface area contributed by atoms with Gasteiger partial charge in [0, 0.05) is 24.4 Å². The molecule has 2 atom stereocenters. The Hall–Kier alpha value is -2.18. The molecule has 2 rings (SSSR count). The van der Waals surface area contributed by atoms with Crippen molar-refractivity contribution in [1.29, 1.82) is 0 Å². The van der Waals surface area contributed by atoms with E-state index in [0.29, 0.717) is 16.5 Å². The quantitative estimate of drug-likeness (QED) is 0.559. The molecule has 0 aliphatic rings. The number of aromatic nitrogens is 1. The minimum absolute atomic E-state index is 0.102. The van der Waals surface area contributed by atoms with E-state index in [0.717, 1.165) is 13.0 Å². The Bertz CT molecular complexity index is 754. The molecule has 0 aliphatic heterocycles. The fourth-order valence-corrected chi connectivity index (χ4v) is 2.70. The molecule has 0 saturated heterocycles. The number of carbonyl (C=O) groups is 1. The van der Waals surface area contributed by atoms with Crippen LogP contribution in [0.25, 0.3) is 10.9 Å². The maximum atomic E-state index is 11.6. The van der Waals surface area contributed by atoms with Crippen LogP contribution in [0.3, 0.4) is 0 Å². The smallest absolute Gasteiger partial charge is 0.308 e. The molecule has 6 nitrogen and oxygen atoms in total. The van der Waals surface area contributed by atoms with E-state index < -0.39 is 12.1 Å². The summed E-state index contributed by atoms with van der Waals surface area (Å²) in [5, 5.41) is 14.6. The number of aliphatic hydroxyl groups is 1. The second-order valence-corrected chi connectivity index (χ2v) is 5.38. The number of pyridine rings is 1. The van der Waals surface area contributed by atoms with Crippen LogP contribution in [0.2, 0.25) is 0 Å². The van der Waals surface area contributed by atoms with Gasteiger partial charge in [-0.2, -0.15) is 0 Å². The zero-order chi connectivity index (χ0) is 17.0. The number of ether oxygens (including phenoxy) is 1. The van der Waals surface area contributed by atoms with Crippen molar-refractivity contribution in [2.75, 3.05) is 6.54 Å². The Balaban J connectivity index is 2.58. The van der Waals surface area contributed by atoms with E-state index in [2.05, 4.69) is 10.3 Å². The Kier molecular flexibility index (Phi) is 5.52. The largest absolute Gasteiger partial charge is 0.424 e. The predicted molar refractivity (Wildman–Crippen MR) is 88.6 cm³/mol. The minimum Gasteiger partial charge on any atom is -0.424 e. The van der Waals surface area contributed by atoms with E-state index in [-0.39, 0.29) is 17.4 Å². The van der Waals surface area contributed by atoms with Crippen LogP contribution in [0.5, 0.6) is 5.75 Å². The van der Waals surface area contributed by atoms with Crippen molar-refractivity contribution in [1.82, 2.24) is 10.3 Å².